The quantitative estimate of drug-likeness (QED) is 0.894. The normalized spacial score (nSPS) is 11.6. The molecule has 0 unspecified atom stereocenters. The first-order valence-corrected chi connectivity index (χ1v) is 6.17. The molecule has 0 amide bonds. The number of hydrogen-bond acceptors (Lipinski definition) is 2. The molecule has 18 heavy (non-hydrogen) atoms. The molecule has 3 nitrogen and oxygen atoms in total. The number of phenolic OH excluding ortho intramolecular Hbond substituents is 1. The molecule has 0 aliphatic carbocycles. The van der Waals surface area contributed by atoms with E-state index < -0.39 is 5.97 Å². The van der Waals surface area contributed by atoms with Gasteiger partial charge in [0.2, 0.25) is 0 Å². The van der Waals surface area contributed by atoms with E-state index in [0.717, 1.165) is 22.3 Å². The second-order valence-electron chi connectivity index (χ2n) is 5.80. The highest BCUT2D eigenvalue weighted by Gasteiger charge is 2.22. The van der Waals surface area contributed by atoms with Crippen LogP contribution in [0.15, 0.2) is 6.07 Å². The summed E-state index contributed by atoms with van der Waals surface area (Å²) in [7, 11) is 0. The zero-order chi connectivity index (χ0) is 14.1. The van der Waals surface area contributed by atoms with Gasteiger partial charge in [0.1, 0.15) is 5.75 Å². The summed E-state index contributed by atoms with van der Waals surface area (Å²) in [5, 5.41) is 20.7. The average molecular weight is 249 g/mol. The molecule has 0 fully saturated rings. The number of phenols is 1. The minimum Gasteiger partial charge on any atom is -0.507 e. The maximum absolute atomic E-state index is 10.6. The second-order valence-corrected chi connectivity index (χ2v) is 5.80. The molecule has 1 N–H and O–H groups in total. The molecule has 3 heteroatoms. The number of aryl methyl sites for hydroxylation is 1. The highest BCUT2D eigenvalue weighted by molar-refractivity contribution is 5.67. The predicted octanol–water partition coefficient (Wildman–Crippen LogP) is 3.20. The van der Waals surface area contributed by atoms with Gasteiger partial charge in [-0.05, 0) is 47.9 Å². The minimum absolute atomic E-state index is 0.00857. The van der Waals surface area contributed by atoms with Gasteiger partial charge in [0, 0.05) is 0 Å². The summed E-state index contributed by atoms with van der Waals surface area (Å²) < 4.78 is 0. The Balaban J connectivity index is 3.28. The van der Waals surface area contributed by atoms with Gasteiger partial charge in [0.05, 0.1) is 6.42 Å². The SMILES string of the molecule is Cc1c(CCC([O])=O)cc(C(C)(C)C)c(O)c1C. The summed E-state index contributed by atoms with van der Waals surface area (Å²) in [6, 6.07) is 1.92. The van der Waals surface area contributed by atoms with Crippen LogP contribution in [0.4, 0.5) is 0 Å². The van der Waals surface area contributed by atoms with Crippen molar-refractivity contribution in [1.82, 2.24) is 0 Å². The van der Waals surface area contributed by atoms with Crippen LogP contribution >= 0.6 is 0 Å². The Labute approximate surface area is 108 Å². The van der Waals surface area contributed by atoms with Gasteiger partial charge >= 0.3 is 5.97 Å². The topological polar surface area (TPSA) is 57.2 Å². The summed E-state index contributed by atoms with van der Waals surface area (Å²) in [6.45, 7) is 9.85. The van der Waals surface area contributed by atoms with Crippen molar-refractivity contribution in [3.8, 4) is 5.75 Å². The maximum atomic E-state index is 10.6. The van der Waals surface area contributed by atoms with E-state index in [9.17, 15) is 15.0 Å². The lowest BCUT2D eigenvalue weighted by molar-refractivity contribution is -0.143. The monoisotopic (exact) mass is 249 g/mol. The van der Waals surface area contributed by atoms with Crippen LogP contribution in [0, 0.1) is 13.8 Å². The van der Waals surface area contributed by atoms with Crippen LogP contribution in [0.3, 0.4) is 0 Å². The third kappa shape index (κ3) is 3.03. The summed E-state index contributed by atoms with van der Waals surface area (Å²) in [4.78, 5) is 10.6. The van der Waals surface area contributed by atoms with Crippen molar-refractivity contribution in [3.05, 3.63) is 28.3 Å². The number of hydrogen-bond donors (Lipinski definition) is 1. The van der Waals surface area contributed by atoms with E-state index in [1.165, 1.54) is 0 Å². The van der Waals surface area contributed by atoms with Gasteiger partial charge in [-0.1, -0.05) is 26.8 Å². The Hall–Kier alpha value is -1.51. The number of carbonyl (C=O) groups is 1. The van der Waals surface area contributed by atoms with Gasteiger partial charge in [0.25, 0.3) is 0 Å². The van der Waals surface area contributed by atoms with E-state index >= 15 is 0 Å². The average Bonchev–Trinajstić information content (AvgIpc) is 2.23. The Morgan fingerprint density at radius 1 is 1.22 bits per heavy atom. The van der Waals surface area contributed by atoms with Gasteiger partial charge in [0.15, 0.2) is 0 Å². The predicted molar refractivity (Wildman–Crippen MR) is 70.3 cm³/mol. The number of carbonyl (C=O) groups excluding carboxylic acids is 1. The van der Waals surface area contributed by atoms with Crippen molar-refractivity contribution in [3.63, 3.8) is 0 Å². The van der Waals surface area contributed by atoms with Crippen molar-refractivity contribution >= 4 is 5.97 Å². The molecule has 0 aromatic heterocycles. The first-order chi connectivity index (χ1) is 8.14. The van der Waals surface area contributed by atoms with Crippen molar-refractivity contribution < 1.29 is 15.0 Å². The van der Waals surface area contributed by atoms with E-state index in [0.29, 0.717) is 12.2 Å². The molecular formula is C15H21O3. The van der Waals surface area contributed by atoms with E-state index in [1.807, 2.05) is 40.7 Å². The van der Waals surface area contributed by atoms with Crippen LogP contribution in [0.2, 0.25) is 0 Å². The Kier molecular flexibility index (Phi) is 4.05. The lowest BCUT2D eigenvalue weighted by Crippen LogP contribution is -2.13. The Morgan fingerprint density at radius 2 is 1.78 bits per heavy atom. The lowest BCUT2D eigenvalue weighted by atomic mass is 9.82. The summed E-state index contributed by atoms with van der Waals surface area (Å²) in [5.41, 5.74) is 3.45. The van der Waals surface area contributed by atoms with Crippen LogP contribution in [0.25, 0.3) is 0 Å². The van der Waals surface area contributed by atoms with Gasteiger partial charge in [-0.15, -0.1) is 0 Å². The van der Waals surface area contributed by atoms with Crippen LogP contribution < -0.4 is 0 Å². The molecule has 0 heterocycles. The molecule has 0 bridgehead atoms. The fraction of sp³-hybridized carbons (Fsp3) is 0.533. The summed E-state index contributed by atoms with van der Waals surface area (Å²) in [5.74, 6) is -0.727. The number of aromatic hydroxyl groups is 1. The van der Waals surface area contributed by atoms with Crippen molar-refractivity contribution in [2.45, 2.75) is 52.9 Å². The van der Waals surface area contributed by atoms with Gasteiger partial charge < -0.3 is 5.11 Å². The van der Waals surface area contributed by atoms with E-state index in [2.05, 4.69) is 0 Å². The molecule has 1 rings (SSSR count). The molecule has 0 saturated heterocycles. The number of benzene rings is 1. The van der Waals surface area contributed by atoms with Crippen LogP contribution in [0.5, 0.6) is 5.75 Å². The lowest BCUT2D eigenvalue weighted by Gasteiger charge is -2.24. The van der Waals surface area contributed by atoms with E-state index in [1.54, 1.807) is 0 Å². The van der Waals surface area contributed by atoms with E-state index in [-0.39, 0.29) is 11.8 Å². The molecule has 0 aliphatic heterocycles. The van der Waals surface area contributed by atoms with Gasteiger partial charge in [-0.3, -0.25) is 0 Å². The molecule has 99 valence electrons. The zero-order valence-electron chi connectivity index (χ0n) is 11.8. The van der Waals surface area contributed by atoms with Crippen molar-refractivity contribution in [2.75, 3.05) is 0 Å². The molecule has 0 aliphatic rings. The van der Waals surface area contributed by atoms with Crippen molar-refractivity contribution in [1.29, 1.82) is 0 Å². The minimum atomic E-state index is -1.04. The van der Waals surface area contributed by atoms with Crippen LogP contribution in [0.1, 0.15) is 49.4 Å². The molecule has 0 spiro atoms. The molecule has 1 aromatic rings. The van der Waals surface area contributed by atoms with Crippen molar-refractivity contribution in [2.24, 2.45) is 0 Å². The first-order valence-electron chi connectivity index (χ1n) is 6.17. The number of rotatable bonds is 3. The first kappa shape index (κ1) is 14.6. The van der Waals surface area contributed by atoms with Gasteiger partial charge in [-0.2, -0.15) is 0 Å². The van der Waals surface area contributed by atoms with Gasteiger partial charge in [-0.25, -0.2) is 9.90 Å². The zero-order valence-corrected chi connectivity index (χ0v) is 11.8. The van der Waals surface area contributed by atoms with Crippen LogP contribution in [-0.2, 0) is 21.7 Å². The third-order valence-electron chi connectivity index (χ3n) is 3.38. The van der Waals surface area contributed by atoms with Crippen LogP contribution in [-0.4, -0.2) is 11.1 Å². The summed E-state index contributed by atoms with van der Waals surface area (Å²) in [6.07, 6.45) is 0.451. The fourth-order valence-corrected chi connectivity index (χ4v) is 2.04. The highest BCUT2D eigenvalue weighted by Crippen LogP contribution is 2.36. The third-order valence-corrected chi connectivity index (χ3v) is 3.38. The van der Waals surface area contributed by atoms with E-state index in [4.69, 9.17) is 0 Å². The largest absolute Gasteiger partial charge is 0.507 e. The Bertz CT molecular complexity index is 468. The molecule has 0 atom stereocenters. The molecular weight excluding hydrogens is 228 g/mol. The molecule has 1 aromatic carbocycles. The Morgan fingerprint density at radius 3 is 2.22 bits per heavy atom. The summed E-state index contributed by atoms with van der Waals surface area (Å²) >= 11 is 0. The molecule has 0 saturated carbocycles. The maximum Gasteiger partial charge on any atom is 0.355 e. The second kappa shape index (κ2) is 5.01. The highest BCUT2D eigenvalue weighted by atomic mass is 16.4. The smallest absolute Gasteiger partial charge is 0.355 e. The fourth-order valence-electron chi connectivity index (χ4n) is 2.04. The molecule has 1 radical (unpaired) electrons. The standard InChI is InChI=1S/C15H21O3/c1-9-10(2)14(18)12(15(3,4)5)8-11(9)6-7-13(16)17/h8,18H,6-7H2,1-5H3.